The molecule has 1 atom stereocenters. The molecule has 0 radical (unpaired) electrons. The van der Waals surface area contributed by atoms with E-state index >= 15 is 0 Å². The van der Waals surface area contributed by atoms with Crippen molar-refractivity contribution in [2.75, 3.05) is 31.5 Å². The van der Waals surface area contributed by atoms with Gasteiger partial charge in [-0.25, -0.2) is 0 Å². The minimum Gasteiger partial charge on any atom is -0.384 e. The van der Waals surface area contributed by atoms with Crippen molar-refractivity contribution in [2.24, 2.45) is 5.92 Å². The van der Waals surface area contributed by atoms with Crippen LogP contribution in [0, 0.1) is 5.92 Å². The van der Waals surface area contributed by atoms with Crippen LogP contribution in [0.2, 0.25) is 5.02 Å². The minimum atomic E-state index is 0.797. The van der Waals surface area contributed by atoms with E-state index in [1.807, 2.05) is 18.2 Å². The molecule has 19 heavy (non-hydrogen) atoms. The van der Waals surface area contributed by atoms with Crippen LogP contribution >= 0.6 is 11.6 Å². The van der Waals surface area contributed by atoms with Crippen molar-refractivity contribution in [1.29, 1.82) is 0 Å². The monoisotopic (exact) mass is 280 g/mol. The van der Waals surface area contributed by atoms with Crippen LogP contribution < -0.4 is 5.32 Å². The Bertz CT molecular complexity index is 381. The molecule has 0 bridgehead atoms. The second-order valence-electron chi connectivity index (χ2n) is 5.48. The van der Waals surface area contributed by atoms with Gasteiger partial charge in [0, 0.05) is 23.8 Å². The number of benzene rings is 1. The summed E-state index contributed by atoms with van der Waals surface area (Å²) in [6.45, 7) is 6.96. The zero-order valence-corrected chi connectivity index (χ0v) is 12.6. The van der Waals surface area contributed by atoms with Gasteiger partial charge < -0.3 is 10.2 Å². The van der Waals surface area contributed by atoms with Gasteiger partial charge in [0.05, 0.1) is 0 Å². The van der Waals surface area contributed by atoms with Crippen LogP contribution in [-0.2, 0) is 0 Å². The molecule has 0 amide bonds. The largest absolute Gasteiger partial charge is 0.384 e. The summed E-state index contributed by atoms with van der Waals surface area (Å²) in [6, 6.07) is 7.95. The van der Waals surface area contributed by atoms with Crippen molar-refractivity contribution < 1.29 is 0 Å². The van der Waals surface area contributed by atoms with Crippen LogP contribution in [0.3, 0.4) is 0 Å². The molecular formula is C16H25ClN2. The molecule has 0 aliphatic carbocycles. The van der Waals surface area contributed by atoms with Gasteiger partial charge in [0.1, 0.15) is 0 Å². The average molecular weight is 281 g/mol. The van der Waals surface area contributed by atoms with E-state index in [2.05, 4.69) is 23.2 Å². The first-order valence-electron chi connectivity index (χ1n) is 7.49. The Labute approximate surface area is 122 Å². The molecule has 1 fully saturated rings. The van der Waals surface area contributed by atoms with Crippen molar-refractivity contribution in [1.82, 2.24) is 4.90 Å². The highest BCUT2D eigenvalue weighted by atomic mass is 35.5. The van der Waals surface area contributed by atoms with Gasteiger partial charge in [0.25, 0.3) is 0 Å². The van der Waals surface area contributed by atoms with E-state index in [0.29, 0.717) is 0 Å². The topological polar surface area (TPSA) is 15.3 Å². The Morgan fingerprint density at radius 3 is 3.00 bits per heavy atom. The number of halogens is 1. The Morgan fingerprint density at radius 2 is 2.21 bits per heavy atom. The second kappa shape index (κ2) is 7.76. The zero-order valence-electron chi connectivity index (χ0n) is 11.9. The molecule has 1 aromatic rings. The molecule has 1 saturated heterocycles. The summed E-state index contributed by atoms with van der Waals surface area (Å²) in [5.41, 5.74) is 1.12. The first-order valence-corrected chi connectivity index (χ1v) is 7.87. The Kier molecular flexibility index (Phi) is 5.99. The zero-order chi connectivity index (χ0) is 13.5. The second-order valence-corrected chi connectivity index (χ2v) is 5.92. The first-order chi connectivity index (χ1) is 9.28. The maximum absolute atomic E-state index is 5.98. The summed E-state index contributed by atoms with van der Waals surface area (Å²) >= 11 is 5.98. The van der Waals surface area contributed by atoms with E-state index in [0.717, 1.165) is 29.7 Å². The normalized spacial score (nSPS) is 21.1. The smallest absolute Gasteiger partial charge is 0.0426 e. The molecule has 2 rings (SSSR count). The van der Waals surface area contributed by atoms with Gasteiger partial charge in [-0.1, -0.05) is 31.0 Å². The van der Waals surface area contributed by atoms with E-state index in [1.165, 1.54) is 38.8 Å². The van der Waals surface area contributed by atoms with Crippen molar-refractivity contribution in [3.8, 4) is 0 Å². The molecule has 1 N–H and O–H groups in total. The number of anilines is 1. The maximum atomic E-state index is 5.98. The lowest BCUT2D eigenvalue weighted by Gasteiger charge is -2.20. The molecule has 0 spiro atoms. The lowest BCUT2D eigenvalue weighted by molar-refractivity contribution is 0.290. The van der Waals surface area contributed by atoms with Gasteiger partial charge in [-0.15, -0.1) is 0 Å². The summed E-state index contributed by atoms with van der Waals surface area (Å²) in [5, 5.41) is 4.25. The van der Waals surface area contributed by atoms with Crippen molar-refractivity contribution in [2.45, 2.75) is 32.6 Å². The SMILES string of the molecule is CCC1CCCN(CCNc2cccc(Cl)c2)CC1. The first kappa shape index (κ1) is 14.7. The molecule has 1 heterocycles. The third kappa shape index (κ3) is 5.04. The molecule has 0 aromatic heterocycles. The fourth-order valence-electron chi connectivity index (χ4n) is 2.81. The minimum absolute atomic E-state index is 0.797. The summed E-state index contributed by atoms with van der Waals surface area (Å²) < 4.78 is 0. The third-order valence-corrected chi connectivity index (χ3v) is 4.33. The molecular weight excluding hydrogens is 256 g/mol. The van der Waals surface area contributed by atoms with Crippen LogP contribution in [0.15, 0.2) is 24.3 Å². The lowest BCUT2D eigenvalue weighted by Crippen LogP contribution is -2.30. The van der Waals surface area contributed by atoms with Crippen molar-refractivity contribution in [3.05, 3.63) is 29.3 Å². The number of nitrogens with one attached hydrogen (secondary N) is 1. The van der Waals surface area contributed by atoms with E-state index in [-0.39, 0.29) is 0 Å². The van der Waals surface area contributed by atoms with E-state index in [1.54, 1.807) is 0 Å². The predicted octanol–water partition coefficient (Wildman–Crippen LogP) is 4.26. The van der Waals surface area contributed by atoms with Crippen molar-refractivity contribution in [3.63, 3.8) is 0 Å². The molecule has 1 unspecified atom stereocenters. The van der Waals surface area contributed by atoms with E-state index in [9.17, 15) is 0 Å². The molecule has 2 nitrogen and oxygen atoms in total. The standard InChI is InChI=1S/C16H25ClN2/c1-2-14-5-4-10-19(11-8-14)12-9-18-16-7-3-6-15(17)13-16/h3,6-7,13-14,18H,2,4-5,8-12H2,1H3. The van der Waals surface area contributed by atoms with Crippen LogP contribution in [0.1, 0.15) is 32.6 Å². The summed E-state index contributed by atoms with van der Waals surface area (Å²) in [4.78, 5) is 2.59. The molecule has 1 aliphatic rings. The number of nitrogens with zero attached hydrogens (tertiary/aromatic N) is 1. The summed E-state index contributed by atoms with van der Waals surface area (Å²) in [7, 11) is 0. The highest BCUT2D eigenvalue weighted by Gasteiger charge is 2.14. The van der Waals surface area contributed by atoms with Gasteiger partial charge in [-0.05, 0) is 56.5 Å². The predicted molar refractivity (Wildman–Crippen MR) is 84.0 cm³/mol. The van der Waals surface area contributed by atoms with E-state index < -0.39 is 0 Å². The average Bonchev–Trinajstić information content (AvgIpc) is 2.64. The van der Waals surface area contributed by atoms with Gasteiger partial charge in [0.2, 0.25) is 0 Å². The van der Waals surface area contributed by atoms with Gasteiger partial charge in [-0.3, -0.25) is 0 Å². The van der Waals surface area contributed by atoms with Crippen LogP contribution in [0.25, 0.3) is 0 Å². The maximum Gasteiger partial charge on any atom is 0.0426 e. The lowest BCUT2D eigenvalue weighted by atomic mass is 9.98. The van der Waals surface area contributed by atoms with Crippen molar-refractivity contribution >= 4 is 17.3 Å². The molecule has 3 heteroatoms. The Morgan fingerprint density at radius 1 is 1.32 bits per heavy atom. The number of likely N-dealkylation sites (tertiary alicyclic amines) is 1. The van der Waals surface area contributed by atoms with Crippen LogP contribution in [-0.4, -0.2) is 31.1 Å². The summed E-state index contributed by atoms with van der Waals surface area (Å²) in [6.07, 6.45) is 5.48. The number of rotatable bonds is 5. The molecule has 1 aliphatic heterocycles. The number of hydrogen-bond acceptors (Lipinski definition) is 2. The molecule has 106 valence electrons. The van der Waals surface area contributed by atoms with Crippen LogP contribution in [0.5, 0.6) is 0 Å². The Balaban J connectivity index is 1.70. The third-order valence-electron chi connectivity index (χ3n) is 4.10. The van der Waals surface area contributed by atoms with Crippen LogP contribution in [0.4, 0.5) is 5.69 Å². The Hall–Kier alpha value is -0.730. The highest BCUT2D eigenvalue weighted by Crippen LogP contribution is 2.20. The molecule has 1 aromatic carbocycles. The quantitative estimate of drug-likeness (QED) is 0.867. The number of hydrogen-bond donors (Lipinski definition) is 1. The summed E-state index contributed by atoms with van der Waals surface area (Å²) in [5.74, 6) is 0.950. The highest BCUT2D eigenvalue weighted by molar-refractivity contribution is 6.30. The van der Waals surface area contributed by atoms with Gasteiger partial charge >= 0.3 is 0 Å². The molecule has 0 saturated carbocycles. The fourth-order valence-corrected chi connectivity index (χ4v) is 3.00. The fraction of sp³-hybridized carbons (Fsp3) is 0.625. The van der Waals surface area contributed by atoms with Gasteiger partial charge in [0.15, 0.2) is 0 Å². The van der Waals surface area contributed by atoms with Gasteiger partial charge in [-0.2, -0.15) is 0 Å². The van der Waals surface area contributed by atoms with E-state index in [4.69, 9.17) is 11.6 Å².